The molecule has 19 heavy (non-hydrogen) atoms. The highest BCUT2D eigenvalue weighted by Crippen LogP contribution is 2.23. The van der Waals surface area contributed by atoms with Crippen molar-refractivity contribution in [3.63, 3.8) is 0 Å². The summed E-state index contributed by atoms with van der Waals surface area (Å²) in [5.74, 6) is 1.48. The molecule has 0 radical (unpaired) electrons. The number of phenolic OH excluding ortho intramolecular Hbond substituents is 1. The van der Waals surface area contributed by atoms with Crippen LogP contribution < -0.4 is 10.5 Å². The zero-order chi connectivity index (χ0) is 13.7. The van der Waals surface area contributed by atoms with Crippen molar-refractivity contribution in [2.24, 2.45) is 10.7 Å². The van der Waals surface area contributed by atoms with Gasteiger partial charge in [0.15, 0.2) is 5.96 Å². The molecule has 104 valence electrons. The number of likely N-dealkylation sites (tertiary alicyclic amines) is 1. The van der Waals surface area contributed by atoms with Crippen molar-refractivity contribution in [3.05, 3.63) is 23.8 Å². The molecule has 0 amide bonds. The largest absolute Gasteiger partial charge is 0.508 e. The van der Waals surface area contributed by atoms with Crippen molar-refractivity contribution in [1.82, 2.24) is 4.90 Å². The Hall–Kier alpha value is -1.91. The Morgan fingerprint density at radius 2 is 2.11 bits per heavy atom. The Bertz CT molecular complexity index is 454. The van der Waals surface area contributed by atoms with E-state index in [1.54, 1.807) is 25.3 Å². The van der Waals surface area contributed by atoms with E-state index in [4.69, 9.17) is 10.5 Å². The van der Waals surface area contributed by atoms with E-state index in [2.05, 4.69) is 9.89 Å². The van der Waals surface area contributed by atoms with E-state index < -0.39 is 0 Å². The van der Waals surface area contributed by atoms with Gasteiger partial charge in [-0.05, 0) is 37.5 Å². The minimum atomic E-state index is 0.219. The molecule has 1 aromatic carbocycles. The molecule has 2 rings (SSSR count). The van der Waals surface area contributed by atoms with Gasteiger partial charge < -0.3 is 20.5 Å². The molecule has 1 aliphatic heterocycles. The summed E-state index contributed by atoms with van der Waals surface area (Å²) in [5.41, 5.74) is 6.70. The van der Waals surface area contributed by atoms with Crippen molar-refractivity contribution in [2.45, 2.75) is 25.8 Å². The van der Waals surface area contributed by atoms with Crippen molar-refractivity contribution >= 4 is 5.96 Å². The normalized spacial score (nSPS) is 16.5. The number of piperidine rings is 1. The molecular weight excluding hydrogens is 242 g/mol. The number of hydrogen-bond donors (Lipinski definition) is 2. The highest BCUT2D eigenvalue weighted by Gasteiger charge is 2.12. The third kappa shape index (κ3) is 3.53. The lowest BCUT2D eigenvalue weighted by Gasteiger charge is -2.27. The first kappa shape index (κ1) is 13.5. The maximum atomic E-state index is 9.77. The van der Waals surface area contributed by atoms with Gasteiger partial charge in [-0.1, -0.05) is 0 Å². The van der Waals surface area contributed by atoms with Crippen LogP contribution in [0.3, 0.4) is 0 Å². The number of aromatic hydroxyl groups is 1. The minimum absolute atomic E-state index is 0.219. The Morgan fingerprint density at radius 1 is 1.37 bits per heavy atom. The first-order valence-corrected chi connectivity index (χ1v) is 6.61. The Balaban J connectivity index is 2.03. The number of rotatable bonds is 3. The number of phenols is 1. The van der Waals surface area contributed by atoms with Crippen molar-refractivity contribution < 1.29 is 9.84 Å². The van der Waals surface area contributed by atoms with Gasteiger partial charge in [-0.3, -0.25) is 0 Å². The van der Waals surface area contributed by atoms with E-state index in [9.17, 15) is 5.11 Å². The molecule has 0 aliphatic carbocycles. The molecule has 3 N–H and O–H groups in total. The summed E-state index contributed by atoms with van der Waals surface area (Å²) >= 11 is 0. The SMILES string of the molecule is COc1ccc(O)c(CN=C(N)N2CCCCC2)c1. The zero-order valence-corrected chi connectivity index (χ0v) is 11.3. The van der Waals surface area contributed by atoms with Crippen LogP contribution in [0.25, 0.3) is 0 Å². The summed E-state index contributed by atoms with van der Waals surface area (Å²) in [4.78, 5) is 6.46. The van der Waals surface area contributed by atoms with Crippen molar-refractivity contribution in [1.29, 1.82) is 0 Å². The van der Waals surface area contributed by atoms with Gasteiger partial charge in [0.05, 0.1) is 13.7 Å². The smallest absolute Gasteiger partial charge is 0.191 e. The number of hydrogen-bond acceptors (Lipinski definition) is 3. The van der Waals surface area contributed by atoms with Gasteiger partial charge in [0.2, 0.25) is 0 Å². The molecular formula is C14H21N3O2. The van der Waals surface area contributed by atoms with Crippen LogP contribution in [0, 0.1) is 0 Å². The summed E-state index contributed by atoms with van der Waals surface area (Å²) in [6.07, 6.45) is 3.60. The molecule has 1 saturated heterocycles. The number of benzene rings is 1. The second-order valence-electron chi connectivity index (χ2n) is 4.72. The van der Waals surface area contributed by atoms with Gasteiger partial charge in [0.25, 0.3) is 0 Å². The maximum Gasteiger partial charge on any atom is 0.191 e. The van der Waals surface area contributed by atoms with Gasteiger partial charge in [0, 0.05) is 18.7 Å². The molecule has 5 heteroatoms. The fraction of sp³-hybridized carbons (Fsp3) is 0.500. The number of aliphatic imine (C=N–C) groups is 1. The van der Waals surface area contributed by atoms with Gasteiger partial charge in [-0.25, -0.2) is 4.99 Å². The van der Waals surface area contributed by atoms with Crippen molar-refractivity contribution in [2.75, 3.05) is 20.2 Å². The molecule has 0 saturated carbocycles. The van der Waals surface area contributed by atoms with Crippen LogP contribution in [-0.4, -0.2) is 36.2 Å². The third-order valence-electron chi connectivity index (χ3n) is 3.38. The summed E-state index contributed by atoms with van der Waals surface area (Å²) in [6, 6.07) is 5.11. The highest BCUT2D eigenvalue weighted by molar-refractivity contribution is 5.78. The van der Waals surface area contributed by atoms with Crippen LogP contribution in [0.1, 0.15) is 24.8 Å². The van der Waals surface area contributed by atoms with Crippen LogP contribution in [0.4, 0.5) is 0 Å². The maximum absolute atomic E-state index is 9.77. The summed E-state index contributed by atoms with van der Waals surface area (Å²) in [7, 11) is 1.60. The first-order chi connectivity index (χ1) is 9.20. The molecule has 5 nitrogen and oxygen atoms in total. The average molecular weight is 263 g/mol. The predicted octanol–water partition coefficient (Wildman–Crippen LogP) is 1.70. The second kappa shape index (κ2) is 6.31. The highest BCUT2D eigenvalue weighted by atomic mass is 16.5. The van der Waals surface area contributed by atoms with E-state index in [1.165, 1.54) is 19.3 Å². The average Bonchev–Trinajstić information content (AvgIpc) is 2.47. The number of nitrogens with zero attached hydrogens (tertiary/aromatic N) is 2. The molecule has 1 heterocycles. The van der Waals surface area contributed by atoms with E-state index >= 15 is 0 Å². The number of guanidine groups is 1. The number of nitrogens with two attached hydrogens (primary N) is 1. The lowest BCUT2D eigenvalue weighted by Crippen LogP contribution is -2.40. The quantitative estimate of drug-likeness (QED) is 0.643. The Morgan fingerprint density at radius 3 is 2.79 bits per heavy atom. The number of ether oxygens (including phenoxy) is 1. The zero-order valence-electron chi connectivity index (χ0n) is 11.3. The number of methoxy groups -OCH3 is 1. The fourth-order valence-electron chi connectivity index (χ4n) is 2.20. The molecule has 0 aromatic heterocycles. The van der Waals surface area contributed by atoms with E-state index in [0.717, 1.165) is 18.7 Å². The predicted molar refractivity (Wildman–Crippen MR) is 75.4 cm³/mol. The Kier molecular flexibility index (Phi) is 4.49. The minimum Gasteiger partial charge on any atom is -0.508 e. The third-order valence-corrected chi connectivity index (χ3v) is 3.38. The molecule has 1 aliphatic rings. The van der Waals surface area contributed by atoms with Gasteiger partial charge in [-0.2, -0.15) is 0 Å². The summed E-state index contributed by atoms with van der Waals surface area (Å²) in [6.45, 7) is 2.31. The van der Waals surface area contributed by atoms with E-state index in [1.807, 2.05) is 0 Å². The molecule has 1 aromatic rings. The van der Waals surface area contributed by atoms with E-state index in [0.29, 0.717) is 18.3 Å². The van der Waals surface area contributed by atoms with Crippen LogP contribution in [0.2, 0.25) is 0 Å². The van der Waals surface area contributed by atoms with Gasteiger partial charge in [-0.15, -0.1) is 0 Å². The fourth-order valence-corrected chi connectivity index (χ4v) is 2.20. The summed E-state index contributed by atoms with van der Waals surface area (Å²) in [5, 5.41) is 9.77. The second-order valence-corrected chi connectivity index (χ2v) is 4.72. The van der Waals surface area contributed by atoms with Gasteiger partial charge >= 0.3 is 0 Å². The molecule has 1 fully saturated rings. The van der Waals surface area contributed by atoms with Crippen LogP contribution >= 0.6 is 0 Å². The summed E-state index contributed by atoms with van der Waals surface area (Å²) < 4.78 is 5.13. The standard InChI is InChI=1S/C14H21N3O2/c1-19-12-5-6-13(18)11(9-12)10-16-14(15)17-7-3-2-4-8-17/h5-6,9,18H,2-4,7-8,10H2,1H3,(H2,15,16). The van der Waals surface area contributed by atoms with E-state index in [-0.39, 0.29) is 5.75 Å². The van der Waals surface area contributed by atoms with Gasteiger partial charge in [0.1, 0.15) is 11.5 Å². The molecule has 0 unspecified atom stereocenters. The van der Waals surface area contributed by atoms with Crippen LogP contribution in [-0.2, 0) is 6.54 Å². The lowest BCUT2D eigenvalue weighted by molar-refractivity contribution is 0.338. The molecule has 0 atom stereocenters. The topological polar surface area (TPSA) is 71.1 Å². The first-order valence-electron chi connectivity index (χ1n) is 6.61. The molecule has 0 bridgehead atoms. The monoisotopic (exact) mass is 263 g/mol. The molecule has 0 spiro atoms. The van der Waals surface area contributed by atoms with Crippen LogP contribution in [0.5, 0.6) is 11.5 Å². The van der Waals surface area contributed by atoms with Crippen LogP contribution in [0.15, 0.2) is 23.2 Å². The Labute approximate surface area is 113 Å². The van der Waals surface area contributed by atoms with Crippen molar-refractivity contribution in [3.8, 4) is 11.5 Å². The lowest BCUT2D eigenvalue weighted by atomic mass is 10.1.